The number of rotatable bonds is 10. The number of carbonyl (C=O) groups excluding carboxylic acids is 1. The summed E-state index contributed by atoms with van der Waals surface area (Å²) in [6, 6.07) is 7.73. The van der Waals surface area contributed by atoms with Crippen molar-refractivity contribution in [3.63, 3.8) is 0 Å². The van der Waals surface area contributed by atoms with Gasteiger partial charge in [0.15, 0.2) is 5.96 Å². The van der Waals surface area contributed by atoms with Crippen LogP contribution in [0.1, 0.15) is 42.1 Å². The lowest BCUT2D eigenvalue weighted by Gasteiger charge is -2.30. The molecule has 2 rings (SSSR count). The van der Waals surface area contributed by atoms with Gasteiger partial charge in [-0.15, -0.1) is 0 Å². The number of nitrogens with one attached hydrogen (secondary N) is 3. The lowest BCUT2D eigenvalue weighted by molar-refractivity contribution is 0.0951. The van der Waals surface area contributed by atoms with Crippen LogP contribution in [-0.2, 0) is 6.54 Å². The minimum atomic E-state index is -0.0340. The van der Waals surface area contributed by atoms with E-state index in [9.17, 15) is 4.79 Å². The molecule has 1 saturated heterocycles. The largest absolute Gasteiger partial charge is 0.356 e. The van der Waals surface area contributed by atoms with Gasteiger partial charge in [-0.1, -0.05) is 19.1 Å². The summed E-state index contributed by atoms with van der Waals surface area (Å²) in [4.78, 5) is 21.2. The first-order valence-corrected chi connectivity index (χ1v) is 11.2. The van der Waals surface area contributed by atoms with Crippen LogP contribution in [0.2, 0.25) is 0 Å². The van der Waals surface area contributed by atoms with Crippen LogP contribution in [0.4, 0.5) is 0 Å². The summed E-state index contributed by atoms with van der Waals surface area (Å²) in [5.74, 6) is 1.64. The molecular weight excluding hydrogens is 376 g/mol. The third-order valence-electron chi connectivity index (χ3n) is 5.54. The van der Waals surface area contributed by atoms with Gasteiger partial charge in [0.2, 0.25) is 0 Å². The van der Waals surface area contributed by atoms with Crippen molar-refractivity contribution in [1.29, 1.82) is 0 Å². The van der Waals surface area contributed by atoms with Crippen LogP contribution in [0.3, 0.4) is 0 Å². The fraction of sp³-hybridized carbons (Fsp3) is 0.652. The van der Waals surface area contributed by atoms with Crippen LogP contribution < -0.4 is 16.0 Å². The molecule has 0 saturated carbocycles. The fourth-order valence-corrected chi connectivity index (χ4v) is 3.52. The number of likely N-dealkylation sites (N-methyl/N-ethyl adjacent to an activating group) is 1. The quantitative estimate of drug-likeness (QED) is 0.308. The average Bonchev–Trinajstić information content (AvgIpc) is 2.74. The Morgan fingerprint density at radius 3 is 2.63 bits per heavy atom. The van der Waals surface area contributed by atoms with E-state index in [1.807, 2.05) is 43.3 Å². The summed E-state index contributed by atoms with van der Waals surface area (Å²) < 4.78 is 0. The standard InChI is InChI=1S/C23H40N6O/c1-19-9-14-29(15-10-19)13-6-11-26-23(24-2)27-18-20-7-5-8-21(17-20)22(30)25-12-16-28(3)4/h5,7-8,17,19H,6,9-16,18H2,1-4H3,(H,25,30)(H2,24,26,27). The highest BCUT2D eigenvalue weighted by Gasteiger charge is 2.14. The smallest absolute Gasteiger partial charge is 0.251 e. The van der Waals surface area contributed by atoms with Gasteiger partial charge in [-0.25, -0.2) is 0 Å². The molecule has 0 aromatic heterocycles. The average molecular weight is 417 g/mol. The van der Waals surface area contributed by atoms with E-state index in [0.717, 1.165) is 43.5 Å². The van der Waals surface area contributed by atoms with E-state index in [4.69, 9.17) is 0 Å². The van der Waals surface area contributed by atoms with Gasteiger partial charge >= 0.3 is 0 Å². The summed E-state index contributed by atoms with van der Waals surface area (Å²) in [5, 5.41) is 9.69. The monoisotopic (exact) mass is 416 g/mol. The number of guanidine groups is 1. The highest BCUT2D eigenvalue weighted by molar-refractivity contribution is 5.94. The molecular formula is C23H40N6O. The molecule has 168 valence electrons. The molecule has 1 fully saturated rings. The van der Waals surface area contributed by atoms with Crippen LogP contribution in [0.15, 0.2) is 29.3 Å². The Hall–Kier alpha value is -2.12. The highest BCUT2D eigenvalue weighted by atomic mass is 16.1. The summed E-state index contributed by atoms with van der Waals surface area (Å²) >= 11 is 0. The summed E-state index contributed by atoms with van der Waals surface area (Å²) in [6.07, 6.45) is 3.75. The Kier molecular flexibility index (Phi) is 10.7. The van der Waals surface area contributed by atoms with Gasteiger partial charge in [-0.05, 0) is 76.6 Å². The predicted octanol–water partition coefficient (Wildman–Crippen LogP) is 1.77. The van der Waals surface area contributed by atoms with E-state index in [-0.39, 0.29) is 5.91 Å². The van der Waals surface area contributed by atoms with Crippen LogP contribution >= 0.6 is 0 Å². The number of hydrogen-bond acceptors (Lipinski definition) is 4. The first-order chi connectivity index (χ1) is 14.5. The number of carbonyl (C=O) groups is 1. The highest BCUT2D eigenvalue weighted by Crippen LogP contribution is 2.15. The van der Waals surface area contributed by atoms with Crippen LogP contribution in [0, 0.1) is 5.92 Å². The van der Waals surface area contributed by atoms with Crippen molar-refractivity contribution in [1.82, 2.24) is 25.8 Å². The normalized spacial score (nSPS) is 16.0. The van der Waals surface area contributed by atoms with Crippen molar-refractivity contribution in [2.45, 2.75) is 32.7 Å². The Morgan fingerprint density at radius 1 is 1.17 bits per heavy atom. The molecule has 3 N–H and O–H groups in total. The Morgan fingerprint density at radius 2 is 1.93 bits per heavy atom. The van der Waals surface area contributed by atoms with E-state index < -0.39 is 0 Å². The fourth-order valence-electron chi connectivity index (χ4n) is 3.52. The number of aliphatic imine (C=N–C) groups is 1. The van der Waals surface area contributed by atoms with Gasteiger partial charge < -0.3 is 25.8 Å². The van der Waals surface area contributed by atoms with Gasteiger partial charge in [0, 0.05) is 38.8 Å². The lowest BCUT2D eigenvalue weighted by Crippen LogP contribution is -2.39. The second-order valence-electron chi connectivity index (χ2n) is 8.49. The summed E-state index contributed by atoms with van der Waals surface area (Å²) in [5.41, 5.74) is 1.74. The van der Waals surface area contributed by atoms with E-state index in [0.29, 0.717) is 18.7 Å². The molecule has 1 aromatic carbocycles. The second kappa shape index (κ2) is 13.2. The maximum absolute atomic E-state index is 12.3. The molecule has 1 amide bonds. The topological polar surface area (TPSA) is 72.0 Å². The molecule has 0 spiro atoms. The molecule has 0 bridgehead atoms. The van der Waals surface area contributed by atoms with Crippen molar-refractivity contribution in [3.05, 3.63) is 35.4 Å². The third-order valence-corrected chi connectivity index (χ3v) is 5.54. The van der Waals surface area contributed by atoms with Gasteiger partial charge in [0.1, 0.15) is 0 Å². The summed E-state index contributed by atoms with van der Waals surface area (Å²) in [6.45, 7) is 8.94. The Bertz CT molecular complexity index is 667. The molecule has 7 nitrogen and oxygen atoms in total. The van der Waals surface area contributed by atoms with E-state index in [2.05, 4.69) is 32.8 Å². The van der Waals surface area contributed by atoms with E-state index in [1.165, 1.54) is 25.9 Å². The minimum absolute atomic E-state index is 0.0340. The molecule has 0 aliphatic carbocycles. The first-order valence-electron chi connectivity index (χ1n) is 11.2. The van der Waals surface area contributed by atoms with Gasteiger partial charge in [0.25, 0.3) is 5.91 Å². The number of nitrogens with zero attached hydrogens (tertiary/aromatic N) is 3. The van der Waals surface area contributed by atoms with Gasteiger partial charge in [-0.3, -0.25) is 9.79 Å². The van der Waals surface area contributed by atoms with Crippen molar-refractivity contribution in [2.24, 2.45) is 10.9 Å². The van der Waals surface area contributed by atoms with Gasteiger partial charge in [-0.2, -0.15) is 0 Å². The third kappa shape index (κ3) is 9.13. The molecule has 30 heavy (non-hydrogen) atoms. The Balaban J connectivity index is 1.69. The van der Waals surface area contributed by atoms with E-state index >= 15 is 0 Å². The summed E-state index contributed by atoms with van der Waals surface area (Å²) in [7, 11) is 5.77. The molecule has 0 unspecified atom stereocenters. The molecule has 1 aliphatic heterocycles. The first kappa shape index (κ1) is 24.2. The van der Waals surface area contributed by atoms with Crippen molar-refractivity contribution < 1.29 is 4.79 Å². The number of amides is 1. The second-order valence-corrected chi connectivity index (χ2v) is 8.49. The number of benzene rings is 1. The maximum Gasteiger partial charge on any atom is 0.251 e. The number of piperidine rings is 1. The van der Waals surface area contributed by atoms with Crippen molar-refractivity contribution >= 4 is 11.9 Å². The SMILES string of the molecule is CN=C(NCCCN1CCC(C)CC1)NCc1cccc(C(=O)NCCN(C)C)c1. The molecule has 1 aliphatic rings. The predicted molar refractivity (Wildman–Crippen MR) is 125 cm³/mol. The zero-order valence-electron chi connectivity index (χ0n) is 19.2. The minimum Gasteiger partial charge on any atom is -0.356 e. The molecule has 0 atom stereocenters. The molecule has 7 heteroatoms. The van der Waals surface area contributed by atoms with Crippen LogP contribution in [0.25, 0.3) is 0 Å². The molecule has 0 radical (unpaired) electrons. The van der Waals surface area contributed by atoms with Crippen LogP contribution in [0.5, 0.6) is 0 Å². The zero-order valence-corrected chi connectivity index (χ0v) is 19.2. The van der Waals surface area contributed by atoms with Crippen LogP contribution in [-0.4, -0.2) is 82.1 Å². The van der Waals surface area contributed by atoms with Crippen molar-refractivity contribution in [3.8, 4) is 0 Å². The molecule has 1 aromatic rings. The lowest BCUT2D eigenvalue weighted by atomic mass is 9.99. The van der Waals surface area contributed by atoms with Gasteiger partial charge in [0.05, 0.1) is 0 Å². The van der Waals surface area contributed by atoms with E-state index in [1.54, 1.807) is 7.05 Å². The molecule has 1 heterocycles. The zero-order chi connectivity index (χ0) is 21.8. The van der Waals surface area contributed by atoms with Crippen molar-refractivity contribution in [2.75, 3.05) is 60.4 Å². The number of hydrogen-bond donors (Lipinski definition) is 3. The number of likely N-dealkylation sites (tertiary alicyclic amines) is 1. The Labute approximate surface area is 182 Å². The maximum atomic E-state index is 12.3.